The minimum Gasteiger partial charge on any atom is -0.371 e. The van der Waals surface area contributed by atoms with Gasteiger partial charge in [-0.25, -0.2) is 0 Å². The van der Waals surface area contributed by atoms with Gasteiger partial charge in [0.2, 0.25) is 11.8 Å². The molecule has 0 saturated carbocycles. The summed E-state index contributed by atoms with van der Waals surface area (Å²) in [7, 11) is 0. The molecule has 0 bridgehead atoms. The van der Waals surface area contributed by atoms with E-state index in [1.807, 2.05) is 24.8 Å². The summed E-state index contributed by atoms with van der Waals surface area (Å²) in [4.78, 5) is 28.9. The molecule has 0 aliphatic carbocycles. The normalized spacial score (nSPS) is 18.2. The van der Waals surface area contributed by atoms with Crippen LogP contribution >= 0.6 is 0 Å². The Kier molecular flexibility index (Phi) is 6.75. The Labute approximate surface area is 163 Å². The van der Waals surface area contributed by atoms with Crippen molar-refractivity contribution in [3.8, 4) is 0 Å². The Bertz CT molecular complexity index is 645. The van der Waals surface area contributed by atoms with E-state index in [1.165, 1.54) is 24.1 Å². The van der Waals surface area contributed by atoms with Crippen molar-refractivity contribution < 1.29 is 9.59 Å². The minimum atomic E-state index is 0.0560. The monoisotopic (exact) mass is 371 g/mol. The zero-order valence-corrected chi connectivity index (χ0v) is 16.7. The molecule has 1 aromatic rings. The third-order valence-corrected chi connectivity index (χ3v) is 5.81. The molecule has 2 aliphatic rings. The van der Waals surface area contributed by atoms with E-state index in [9.17, 15) is 9.59 Å². The summed E-state index contributed by atoms with van der Waals surface area (Å²) >= 11 is 0. The fourth-order valence-electron chi connectivity index (χ4n) is 4.18. The molecule has 2 fully saturated rings. The number of anilines is 1. The van der Waals surface area contributed by atoms with Gasteiger partial charge < -0.3 is 15.1 Å². The third-order valence-electron chi connectivity index (χ3n) is 5.81. The maximum atomic E-state index is 12.4. The van der Waals surface area contributed by atoms with Gasteiger partial charge in [0.15, 0.2) is 0 Å². The number of benzene rings is 1. The zero-order valence-electron chi connectivity index (χ0n) is 16.7. The van der Waals surface area contributed by atoms with Crippen molar-refractivity contribution in [2.75, 3.05) is 31.1 Å². The second-order valence-electron chi connectivity index (χ2n) is 8.23. The number of hydrogen-bond acceptors (Lipinski definition) is 3. The maximum Gasteiger partial charge on any atom is 0.225 e. The van der Waals surface area contributed by atoms with E-state index in [0.717, 1.165) is 39.0 Å². The minimum absolute atomic E-state index is 0.0560. The molecule has 0 radical (unpaired) electrons. The number of carbonyl (C=O) groups excluding carboxylic acids is 2. The van der Waals surface area contributed by atoms with Crippen LogP contribution in [-0.2, 0) is 16.1 Å². The Hall–Kier alpha value is -2.04. The van der Waals surface area contributed by atoms with Gasteiger partial charge in [-0.2, -0.15) is 0 Å². The van der Waals surface area contributed by atoms with Crippen molar-refractivity contribution in [1.82, 2.24) is 10.2 Å². The Balaban J connectivity index is 1.45. The number of nitrogens with zero attached hydrogens (tertiary/aromatic N) is 2. The Morgan fingerprint density at radius 3 is 2.41 bits per heavy atom. The first-order valence-electron chi connectivity index (χ1n) is 10.4. The summed E-state index contributed by atoms with van der Waals surface area (Å²) in [5.41, 5.74) is 2.46. The molecule has 1 N–H and O–H groups in total. The number of piperidine rings is 1. The molecule has 0 unspecified atom stereocenters. The maximum absolute atomic E-state index is 12.4. The highest BCUT2D eigenvalue weighted by atomic mass is 16.2. The highest BCUT2D eigenvalue weighted by Crippen LogP contribution is 2.25. The quantitative estimate of drug-likeness (QED) is 0.836. The molecule has 27 heavy (non-hydrogen) atoms. The number of para-hydroxylation sites is 1. The van der Waals surface area contributed by atoms with Gasteiger partial charge in [-0.05, 0) is 43.2 Å². The lowest BCUT2D eigenvalue weighted by molar-refractivity contribution is -0.136. The number of nitrogens with one attached hydrogen (secondary N) is 1. The van der Waals surface area contributed by atoms with E-state index in [4.69, 9.17) is 0 Å². The molecule has 2 amide bonds. The molecule has 5 heteroatoms. The van der Waals surface area contributed by atoms with Crippen LogP contribution in [0.15, 0.2) is 24.3 Å². The SMILES string of the molecule is CC(C)C(=O)N1CCC(CC(=O)NCc2ccccc2N2CCCC2)CC1. The summed E-state index contributed by atoms with van der Waals surface area (Å²) in [6, 6.07) is 8.39. The van der Waals surface area contributed by atoms with Gasteiger partial charge in [0.05, 0.1) is 0 Å². The van der Waals surface area contributed by atoms with Crippen molar-refractivity contribution >= 4 is 17.5 Å². The van der Waals surface area contributed by atoms with Crippen molar-refractivity contribution in [3.63, 3.8) is 0 Å². The molecule has 0 atom stereocenters. The summed E-state index contributed by atoms with van der Waals surface area (Å²) in [5, 5.41) is 3.12. The van der Waals surface area contributed by atoms with Gasteiger partial charge in [-0.1, -0.05) is 32.0 Å². The first-order chi connectivity index (χ1) is 13.0. The van der Waals surface area contributed by atoms with Gasteiger partial charge in [-0.3, -0.25) is 9.59 Å². The lowest BCUT2D eigenvalue weighted by Gasteiger charge is -2.32. The van der Waals surface area contributed by atoms with Crippen molar-refractivity contribution in [2.45, 2.75) is 52.5 Å². The van der Waals surface area contributed by atoms with Crippen molar-refractivity contribution in [3.05, 3.63) is 29.8 Å². The van der Waals surface area contributed by atoms with E-state index in [1.54, 1.807) is 0 Å². The largest absolute Gasteiger partial charge is 0.371 e. The van der Waals surface area contributed by atoms with Crippen LogP contribution in [-0.4, -0.2) is 42.9 Å². The van der Waals surface area contributed by atoms with Crippen molar-refractivity contribution in [1.29, 1.82) is 0 Å². The van der Waals surface area contributed by atoms with Gasteiger partial charge in [0.25, 0.3) is 0 Å². The topological polar surface area (TPSA) is 52.7 Å². The molecule has 5 nitrogen and oxygen atoms in total. The summed E-state index contributed by atoms with van der Waals surface area (Å²) in [6.45, 7) is 8.27. The van der Waals surface area contributed by atoms with Crippen LogP contribution in [0.25, 0.3) is 0 Å². The Morgan fingerprint density at radius 2 is 1.74 bits per heavy atom. The van der Waals surface area contributed by atoms with E-state index in [2.05, 4.69) is 28.4 Å². The third kappa shape index (κ3) is 5.24. The van der Waals surface area contributed by atoms with Gasteiger partial charge in [0.1, 0.15) is 0 Å². The van der Waals surface area contributed by atoms with E-state index < -0.39 is 0 Å². The fourth-order valence-corrected chi connectivity index (χ4v) is 4.18. The molecule has 1 aromatic carbocycles. The molecule has 2 heterocycles. The molecule has 2 aliphatic heterocycles. The fraction of sp³-hybridized carbons (Fsp3) is 0.636. The highest BCUT2D eigenvalue weighted by molar-refractivity contribution is 5.78. The standard InChI is InChI=1S/C22H33N3O2/c1-17(2)22(27)25-13-9-18(10-14-25)15-21(26)23-16-19-7-3-4-8-20(19)24-11-5-6-12-24/h3-4,7-8,17-18H,5-6,9-16H2,1-2H3,(H,23,26). The number of hydrogen-bond donors (Lipinski definition) is 1. The van der Waals surface area contributed by atoms with Crippen LogP contribution < -0.4 is 10.2 Å². The Morgan fingerprint density at radius 1 is 1.07 bits per heavy atom. The number of likely N-dealkylation sites (tertiary alicyclic amines) is 1. The smallest absolute Gasteiger partial charge is 0.225 e. The van der Waals surface area contributed by atoms with Gasteiger partial charge in [0, 0.05) is 50.7 Å². The second kappa shape index (κ2) is 9.25. The summed E-state index contributed by atoms with van der Waals surface area (Å²) < 4.78 is 0. The number of rotatable bonds is 6. The van der Waals surface area contributed by atoms with Gasteiger partial charge in [-0.15, -0.1) is 0 Å². The average Bonchev–Trinajstić information content (AvgIpc) is 3.21. The predicted octanol–water partition coefficient (Wildman–Crippen LogP) is 3.19. The van der Waals surface area contributed by atoms with Crippen molar-refractivity contribution in [2.24, 2.45) is 11.8 Å². The van der Waals surface area contributed by atoms with Crippen LogP contribution in [0.5, 0.6) is 0 Å². The van der Waals surface area contributed by atoms with Crippen LogP contribution in [0.3, 0.4) is 0 Å². The van der Waals surface area contributed by atoms with Crippen LogP contribution in [0, 0.1) is 11.8 Å². The van der Waals surface area contributed by atoms with E-state index >= 15 is 0 Å². The lowest BCUT2D eigenvalue weighted by atomic mass is 9.92. The average molecular weight is 372 g/mol. The molecular weight excluding hydrogens is 338 g/mol. The number of carbonyl (C=O) groups is 2. The van der Waals surface area contributed by atoms with Gasteiger partial charge >= 0.3 is 0 Å². The zero-order chi connectivity index (χ0) is 19.2. The lowest BCUT2D eigenvalue weighted by Crippen LogP contribution is -2.41. The first kappa shape index (κ1) is 19.7. The molecule has 3 rings (SSSR count). The molecule has 148 valence electrons. The highest BCUT2D eigenvalue weighted by Gasteiger charge is 2.25. The number of amides is 2. The van der Waals surface area contributed by atoms with Crippen LogP contribution in [0.2, 0.25) is 0 Å². The summed E-state index contributed by atoms with van der Waals surface area (Å²) in [6.07, 6.45) is 4.92. The van der Waals surface area contributed by atoms with Crippen LogP contribution in [0.1, 0.15) is 51.5 Å². The molecule has 0 aromatic heterocycles. The first-order valence-corrected chi connectivity index (χ1v) is 10.4. The predicted molar refractivity (Wildman–Crippen MR) is 108 cm³/mol. The van der Waals surface area contributed by atoms with Crippen LogP contribution in [0.4, 0.5) is 5.69 Å². The van der Waals surface area contributed by atoms with E-state index in [-0.39, 0.29) is 17.7 Å². The molecular formula is C22H33N3O2. The van der Waals surface area contributed by atoms with E-state index in [0.29, 0.717) is 18.9 Å². The second-order valence-corrected chi connectivity index (χ2v) is 8.23. The summed E-state index contributed by atoms with van der Waals surface area (Å²) in [5.74, 6) is 0.798. The molecule has 2 saturated heterocycles. The molecule has 0 spiro atoms.